The summed E-state index contributed by atoms with van der Waals surface area (Å²) in [5.41, 5.74) is 0.949. The van der Waals surface area contributed by atoms with Gasteiger partial charge in [0.15, 0.2) is 12.4 Å². The standard InChI is InChI=1S/C16H18ClN5O2/c1-11-19-16(21-20-11)15-10-22(5-7-24-15)9-12-8-13(17)2-3-14(12)23-6-4-18/h2-3,8,15H,5-7,9-10H2,1H3,(H,19,20,21)/t15-/m1/s1. The summed E-state index contributed by atoms with van der Waals surface area (Å²) in [7, 11) is 0. The first-order valence-electron chi connectivity index (χ1n) is 7.66. The zero-order chi connectivity index (χ0) is 16.9. The summed E-state index contributed by atoms with van der Waals surface area (Å²) in [5, 5.41) is 16.4. The third kappa shape index (κ3) is 4.03. The molecule has 1 aromatic carbocycles. The van der Waals surface area contributed by atoms with Crippen LogP contribution in [-0.4, -0.2) is 46.4 Å². The van der Waals surface area contributed by atoms with Crippen LogP contribution in [0.2, 0.25) is 5.02 Å². The summed E-state index contributed by atoms with van der Waals surface area (Å²) in [5.74, 6) is 2.12. The fraction of sp³-hybridized carbons (Fsp3) is 0.438. The molecule has 126 valence electrons. The van der Waals surface area contributed by atoms with E-state index >= 15 is 0 Å². The minimum Gasteiger partial charge on any atom is -0.478 e. The molecule has 1 aliphatic rings. The van der Waals surface area contributed by atoms with Gasteiger partial charge in [-0.05, 0) is 25.1 Å². The monoisotopic (exact) mass is 347 g/mol. The van der Waals surface area contributed by atoms with Gasteiger partial charge < -0.3 is 9.47 Å². The predicted molar refractivity (Wildman–Crippen MR) is 87.6 cm³/mol. The summed E-state index contributed by atoms with van der Waals surface area (Å²) < 4.78 is 11.3. The van der Waals surface area contributed by atoms with Crippen molar-refractivity contribution in [1.29, 1.82) is 5.26 Å². The first kappa shape index (κ1) is 16.7. The number of nitrogens with zero attached hydrogens (tertiary/aromatic N) is 4. The molecule has 3 rings (SSSR count). The summed E-state index contributed by atoms with van der Waals surface area (Å²) in [6.07, 6.45) is -0.161. The number of aromatic amines is 1. The van der Waals surface area contributed by atoms with Gasteiger partial charge in [0.2, 0.25) is 0 Å². The fourth-order valence-electron chi connectivity index (χ4n) is 2.67. The van der Waals surface area contributed by atoms with Crippen molar-refractivity contribution in [3.63, 3.8) is 0 Å². The van der Waals surface area contributed by atoms with E-state index < -0.39 is 0 Å². The Bertz CT molecular complexity index is 742. The van der Waals surface area contributed by atoms with Crippen molar-refractivity contribution in [1.82, 2.24) is 20.1 Å². The number of aromatic nitrogens is 3. The summed E-state index contributed by atoms with van der Waals surface area (Å²) in [6.45, 7) is 4.61. The fourth-order valence-corrected chi connectivity index (χ4v) is 2.86. The Morgan fingerprint density at radius 1 is 1.54 bits per heavy atom. The van der Waals surface area contributed by atoms with E-state index in [1.54, 1.807) is 12.1 Å². The zero-order valence-electron chi connectivity index (χ0n) is 13.3. The van der Waals surface area contributed by atoms with Crippen molar-refractivity contribution in [3.8, 4) is 11.8 Å². The molecular formula is C16H18ClN5O2. The van der Waals surface area contributed by atoms with Crippen LogP contribution in [0.15, 0.2) is 18.2 Å². The van der Waals surface area contributed by atoms with Gasteiger partial charge in [-0.2, -0.15) is 10.4 Å². The number of morpholine rings is 1. The molecule has 0 radical (unpaired) electrons. The van der Waals surface area contributed by atoms with Crippen LogP contribution >= 0.6 is 11.6 Å². The summed E-state index contributed by atoms with van der Waals surface area (Å²) in [6, 6.07) is 7.41. The summed E-state index contributed by atoms with van der Waals surface area (Å²) in [4.78, 5) is 6.59. The molecule has 0 unspecified atom stereocenters. The number of nitriles is 1. The minimum atomic E-state index is -0.161. The molecule has 0 amide bonds. The molecule has 0 saturated carbocycles. The van der Waals surface area contributed by atoms with Crippen molar-refractivity contribution < 1.29 is 9.47 Å². The van der Waals surface area contributed by atoms with Crippen molar-refractivity contribution in [2.45, 2.75) is 19.6 Å². The number of ether oxygens (including phenoxy) is 2. The number of hydrogen-bond acceptors (Lipinski definition) is 6. The van der Waals surface area contributed by atoms with Crippen LogP contribution in [0.4, 0.5) is 0 Å². The number of nitrogens with one attached hydrogen (secondary N) is 1. The topological polar surface area (TPSA) is 87.1 Å². The second-order valence-electron chi connectivity index (χ2n) is 5.57. The highest BCUT2D eigenvalue weighted by Crippen LogP contribution is 2.27. The lowest BCUT2D eigenvalue weighted by Crippen LogP contribution is -2.38. The molecule has 0 bridgehead atoms. The van der Waals surface area contributed by atoms with E-state index in [2.05, 4.69) is 20.1 Å². The highest BCUT2D eigenvalue weighted by atomic mass is 35.5. The number of aryl methyl sites for hydroxylation is 1. The van der Waals surface area contributed by atoms with Crippen molar-refractivity contribution in [2.75, 3.05) is 26.3 Å². The average molecular weight is 348 g/mol. The van der Waals surface area contributed by atoms with E-state index in [9.17, 15) is 0 Å². The van der Waals surface area contributed by atoms with Gasteiger partial charge in [0.05, 0.1) is 6.61 Å². The van der Waals surface area contributed by atoms with Gasteiger partial charge in [0, 0.05) is 30.2 Å². The van der Waals surface area contributed by atoms with Crippen LogP contribution in [-0.2, 0) is 11.3 Å². The SMILES string of the molecule is Cc1nc([C@H]2CN(Cc3cc(Cl)ccc3OCC#N)CCO2)n[nH]1. The highest BCUT2D eigenvalue weighted by molar-refractivity contribution is 6.30. The number of H-pyrrole nitrogens is 1. The van der Waals surface area contributed by atoms with E-state index in [-0.39, 0.29) is 12.7 Å². The van der Waals surface area contributed by atoms with Gasteiger partial charge in [-0.25, -0.2) is 4.98 Å². The molecule has 1 N–H and O–H groups in total. The molecular weight excluding hydrogens is 330 g/mol. The molecule has 2 heterocycles. The maximum absolute atomic E-state index is 8.71. The third-order valence-electron chi connectivity index (χ3n) is 3.76. The van der Waals surface area contributed by atoms with Gasteiger partial charge in [0.1, 0.15) is 23.7 Å². The Morgan fingerprint density at radius 2 is 2.42 bits per heavy atom. The Labute approximate surface area is 145 Å². The lowest BCUT2D eigenvalue weighted by atomic mass is 10.1. The minimum absolute atomic E-state index is 0.0107. The average Bonchev–Trinajstić information content (AvgIpc) is 3.01. The molecule has 1 aliphatic heterocycles. The van der Waals surface area contributed by atoms with Crippen LogP contribution in [0.1, 0.15) is 23.3 Å². The normalized spacial score (nSPS) is 18.3. The molecule has 1 atom stereocenters. The number of benzene rings is 1. The Hall–Kier alpha value is -2.14. The quantitative estimate of drug-likeness (QED) is 0.892. The number of halogens is 1. The maximum Gasteiger partial charge on any atom is 0.180 e. The molecule has 8 heteroatoms. The van der Waals surface area contributed by atoms with Crippen LogP contribution in [0.25, 0.3) is 0 Å². The van der Waals surface area contributed by atoms with Gasteiger partial charge in [-0.3, -0.25) is 10.00 Å². The van der Waals surface area contributed by atoms with Crippen LogP contribution in [0, 0.1) is 18.3 Å². The maximum atomic E-state index is 8.71. The van der Waals surface area contributed by atoms with Crippen molar-refractivity contribution in [3.05, 3.63) is 40.4 Å². The van der Waals surface area contributed by atoms with E-state index in [0.717, 1.165) is 17.9 Å². The largest absolute Gasteiger partial charge is 0.478 e. The van der Waals surface area contributed by atoms with Gasteiger partial charge in [-0.15, -0.1) is 0 Å². The highest BCUT2D eigenvalue weighted by Gasteiger charge is 2.25. The van der Waals surface area contributed by atoms with Gasteiger partial charge in [-0.1, -0.05) is 11.6 Å². The molecule has 1 fully saturated rings. The molecule has 1 saturated heterocycles. The molecule has 2 aromatic rings. The van der Waals surface area contributed by atoms with E-state index in [1.165, 1.54) is 0 Å². The Morgan fingerprint density at radius 3 is 3.17 bits per heavy atom. The predicted octanol–water partition coefficient (Wildman–Crippen LogP) is 2.24. The second kappa shape index (κ2) is 7.62. The molecule has 24 heavy (non-hydrogen) atoms. The number of hydrogen-bond donors (Lipinski definition) is 1. The van der Waals surface area contributed by atoms with E-state index in [4.69, 9.17) is 26.3 Å². The first-order chi connectivity index (χ1) is 11.7. The molecule has 1 aromatic heterocycles. The van der Waals surface area contributed by atoms with Gasteiger partial charge >= 0.3 is 0 Å². The summed E-state index contributed by atoms with van der Waals surface area (Å²) >= 11 is 6.11. The van der Waals surface area contributed by atoms with Crippen LogP contribution in [0.3, 0.4) is 0 Å². The first-order valence-corrected chi connectivity index (χ1v) is 8.04. The van der Waals surface area contributed by atoms with Crippen LogP contribution in [0.5, 0.6) is 5.75 Å². The molecule has 0 spiro atoms. The lowest BCUT2D eigenvalue weighted by molar-refractivity contribution is -0.0372. The van der Waals surface area contributed by atoms with Crippen molar-refractivity contribution in [2.24, 2.45) is 0 Å². The van der Waals surface area contributed by atoms with Crippen molar-refractivity contribution >= 4 is 11.6 Å². The third-order valence-corrected chi connectivity index (χ3v) is 4.00. The number of rotatable bonds is 5. The van der Waals surface area contributed by atoms with E-state index in [0.29, 0.717) is 36.3 Å². The van der Waals surface area contributed by atoms with Crippen LogP contribution < -0.4 is 4.74 Å². The van der Waals surface area contributed by atoms with Gasteiger partial charge in [0.25, 0.3) is 0 Å². The lowest BCUT2D eigenvalue weighted by Gasteiger charge is -2.31. The second-order valence-corrected chi connectivity index (χ2v) is 6.01. The Balaban J connectivity index is 1.71. The smallest absolute Gasteiger partial charge is 0.180 e. The van der Waals surface area contributed by atoms with E-state index in [1.807, 2.05) is 19.1 Å². The molecule has 7 nitrogen and oxygen atoms in total. The Kier molecular flexibility index (Phi) is 5.30. The molecule has 0 aliphatic carbocycles. The zero-order valence-corrected chi connectivity index (χ0v) is 14.1.